The van der Waals surface area contributed by atoms with Gasteiger partial charge in [0.05, 0.1) is 5.69 Å². The van der Waals surface area contributed by atoms with E-state index in [4.69, 9.17) is 4.42 Å². The zero-order chi connectivity index (χ0) is 8.43. The maximum Gasteiger partial charge on any atom is 0.297 e. The number of hydrogen-bond acceptors (Lipinski definition) is 4. The fraction of sp³-hybridized carbons (Fsp3) is 0.429. The molecule has 1 heterocycles. The van der Waals surface area contributed by atoms with Crippen LogP contribution in [0.2, 0.25) is 0 Å². The molecule has 0 spiro atoms. The molecule has 1 rings (SSSR count). The summed E-state index contributed by atoms with van der Waals surface area (Å²) in [7, 11) is 3.61. The van der Waals surface area contributed by atoms with Gasteiger partial charge in [-0.3, -0.25) is 4.79 Å². The molecule has 0 aliphatic rings. The number of oxazole rings is 1. The highest BCUT2D eigenvalue weighted by molar-refractivity contribution is 5.72. The third kappa shape index (κ3) is 1.39. The molecule has 0 radical (unpaired) electrons. The average molecular weight is 154 g/mol. The van der Waals surface area contributed by atoms with Gasteiger partial charge in [0.15, 0.2) is 12.0 Å². The summed E-state index contributed by atoms with van der Waals surface area (Å²) in [6, 6.07) is 0.463. The first-order valence-electron chi connectivity index (χ1n) is 3.25. The van der Waals surface area contributed by atoms with Gasteiger partial charge >= 0.3 is 0 Å². The van der Waals surface area contributed by atoms with Crippen molar-refractivity contribution in [3.05, 3.63) is 11.5 Å². The summed E-state index contributed by atoms with van der Waals surface area (Å²) in [5, 5.41) is 0. The van der Waals surface area contributed by atoms with Crippen LogP contribution in [0, 0.1) is 6.92 Å². The number of nitrogens with zero attached hydrogens (tertiary/aromatic N) is 2. The van der Waals surface area contributed by atoms with Crippen LogP contribution in [0.25, 0.3) is 0 Å². The number of aldehydes is 1. The smallest absolute Gasteiger partial charge is 0.297 e. The summed E-state index contributed by atoms with van der Waals surface area (Å²) < 4.78 is 5.07. The van der Waals surface area contributed by atoms with Gasteiger partial charge in [-0.1, -0.05) is 0 Å². The van der Waals surface area contributed by atoms with Gasteiger partial charge in [0.2, 0.25) is 0 Å². The van der Waals surface area contributed by atoms with E-state index in [0.29, 0.717) is 23.8 Å². The van der Waals surface area contributed by atoms with E-state index in [1.54, 1.807) is 25.9 Å². The van der Waals surface area contributed by atoms with E-state index < -0.39 is 0 Å². The van der Waals surface area contributed by atoms with Gasteiger partial charge in [-0.15, -0.1) is 0 Å². The van der Waals surface area contributed by atoms with Gasteiger partial charge in [0.1, 0.15) is 0 Å². The van der Waals surface area contributed by atoms with Crippen LogP contribution in [-0.4, -0.2) is 25.4 Å². The normalized spacial score (nSPS) is 9.73. The molecule has 4 nitrogen and oxygen atoms in total. The van der Waals surface area contributed by atoms with Crippen molar-refractivity contribution in [2.75, 3.05) is 19.0 Å². The lowest BCUT2D eigenvalue weighted by molar-refractivity contribution is 0.110. The lowest BCUT2D eigenvalue weighted by Crippen LogP contribution is -2.08. The molecule has 1 aromatic rings. The summed E-state index contributed by atoms with van der Waals surface area (Å²) in [6.45, 7) is 1.74. The van der Waals surface area contributed by atoms with E-state index in [1.807, 2.05) is 0 Å². The van der Waals surface area contributed by atoms with Crippen molar-refractivity contribution < 1.29 is 9.21 Å². The zero-order valence-electron chi connectivity index (χ0n) is 6.79. The van der Waals surface area contributed by atoms with Gasteiger partial charge in [0.25, 0.3) is 6.01 Å². The fourth-order valence-electron chi connectivity index (χ4n) is 0.694. The monoisotopic (exact) mass is 154 g/mol. The minimum Gasteiger partial charge on any atom is -0.420 e. The minimum absolute atomic E-state index is 0.300. The van der Waals surface area contributed by atoms with E-state index in [1.165, 1.54) is 0 Å². The summed E-state index contributed by atoms with van der Waals surface area (Å²) in [5.41, 5.74) is 0.628. The molecule has 0 fully saturated rings. The molecule has 0 aliphatic carbocycles. The van der Waals surface area contributed by atoms with Crippen LogP contribution in [0.1, 0.15) is 16.2 Å². The SMILES string of the molecule is Cc1nc(N(C)C)oc1C=O. The largest absolute Gasteiger partial charge is 0.420 e. The standard InChI is InChI=1S/C7H10N2O2/c1-5-6(4-10)11-7(8-5)9(2)3/h4H,1-3H3. The maximum absolute atomic E-state index is 10.3. The highest BCUT2D eigenvalue weighted by atomic mass is 16.4. The molecule has 0 N–H and O–H groups in total. The van der Waals surface area contributed by atoms with Gasteiger partial charge in [0, 0.05) is 14.1 Å². The first kappa shape index (κ1) is 7.78. The molecule has 11 heavy (non-hydrogen) atoms. The number of hydrogen-bond donors (Lipinski definition) is 0. The maximum atomic E-state index is 10.3. The van der Waals surface area contributed by atoms with Gasteiger partial charge in [-0.2, -0.15) is 4.98 Å². The highest BCUT2D eigenvalue weighted by Gasteiger charge is 2.08. The Balaban J connectivity index is 3.04. The molecule has 0 atom stereocenters. The Morgan fingerprint density at radius 2 is 2.18 bits per heavy atom. The third-order valence-electron chi connectivity index (χ3n) is 1.31. The Labute approximate surface area is 64.8 Å². The van der Waals surface area contributed by atoms with Crippen molar-refractivity contribution in [2.45, 2.75) is 6.92 Å². The van der Waals surface area contributed by atoms with E-state index in [0.717, 1.165) is 0 Å². The second-order valence-electron chi connectivity index (χ2n) is 2.46. The molecule has 0 amide bonds. The summed E-state index contributed by atoms with van der Waals surface area (Å²) in [6.07, 6.45) is 0.662. The van der Waals surface area contributed by atoms with Crippen LogP contribution in [0.5, 0.6) is 0 Å². The number of carbonyl (C=O) groups is 1. The number of rotatable bonds is 2. The van der Waals surface area contributed by atoms with Crippen LogP contribution in [0.4, 0.5) is 6.01 Å². The van der Waals surface area contributed by atoms with Crippen molar-refractivity contribution in [3.63, 3.8) is 0 Å². The van der Waals surface area contributed by atoms with Gasteiger partial charge in [-0.05, 0) is 6.92 Å². The zero-order valence-corrected chi connectivity index (χ0v) is 6.79. The van der Waals surface area contributed by atoms with Crippen molar-refractivity contribution in [1.82, 2.24) is 4.98 Å². The van der Waals surface area contributed by atoms with Crippen LogP contribution in [0.3, 0.4) is 0 Å². The minimum atomic E-state index is 0.300. The molecule has 0 unspecified atom stereocenters. The Hall–Kier alpha value is -1.32. The lowest BCUT2D eigenvalue weighted by Gasteiger charge is -2.03. The Bertz CT molecular complexity index is 265. The molecule has 4 heteroatoms. The average Bonchev–Trinajstić information content (AvgIpc) is 2.31. The second kappa shape index (κ2) is 2.74. The Kier molecular flexibility index (Phi) is 1.94. The molecule has 1 aromatic heterocycles. The van der Waals surface area contributed by atoms with Crippen molar-refractivity contribution in [3.8, 4) is 0 Å². The fourth-order valence-corrected chi connectivity index (χ4v) is 0.694. The summed E-state index contributed by atoms with van der Waals surface area (Å²) >= 11 is 0. The molecular weight excluding hydrogens is 144 g/mol. The van der Waals surface area contributed by atoms with Crippen LogP contribution < -0.4 is 4.90 Å². The first-order chi connectivity index (χ1) is 5.15. The van der Waals surface area contributed by atoms with Crippen molar-refractivity contribution >= 4 is 12.3 Å². The van der Waals surface area contributed by atoms with E-state index in [2.05, 4.69) is 4.98 Å². The third-order valence-corrected chi connectivity index (χ3v) is 1.31. The van der Waals surface area contributed by atoms with E-state index in [-0.39, 0.29) is 0 Å². The summed E-state index contributed by atoms with van der Waals surface area (Å²) in [4.78, 5) is 16.0. The second-order valence-corrected chi connectivity index (χ2v) is 2.46. The van der Waals surface area contributed by atoms with Crippen LogP contribution >= 0.6 is 0 Å². The van der Waals surface area contributed by atoms with Gasteiger partial charge in [-0.25, -0.2) is 0 Å². The highest BCUT2D eigenvalue weighted by Crippen LogP contribution is 2.13. The topological polar surface area (TPSA) is 46.3 Å². The molecule has 0 aromatic carbocycles. The van der Waals surface area contributed by atoms with E-state index >= 15 is 0 Å². The van der Waals surface area contributed by atoms with Gasteiger partial charge < -0.3 is 9.32 Å². The van der Waals surface area contributed by atoms with Crippen LogP contribution in [-0.2, 0) is 0 Å². The lowest BCUT2D eigenvalue weighted by atomic mass is 10.4. The summed E-state index contributed by atoms with van der Waals surface area (Å²) in [5.74, 6) is 0.300. The molecule has 0 saturated carbocycles. The van der Waals surface area contributed by atoms with E-state index in [9.17, 15) is 4.79 Å². The predicted molar refractivity (Wildman–Crippen MR) is 41.0 cm³/mol. The van der Waals surface area contributed by atoms with Crippen molar-refractivity contribution in [1.29, 1.82) is 0 Å². The Morgan fingerprint density at radius 3 is 2.45 bits per heavy atom. The number of carbonyl (C=O) groups excluding carboxylic acids is 1. The number of aromatic nitrogens is 1. The number of anilines is 1. The quantitative estimate of drug-likeness (QED) is 0.593. The molecule has 60 valence electrons. The molecule has 0 bridgehead atoms. The Morgan fingerprint density at radius 1 is 1.55 bits per heavy atom. The van der Waals surface area contributed by atoms with Crippen LogP contribution in [0.15, 0.2) is 4.42 Å². The first-order valence-corrected chi connectivity index (χ1v) is 3.25. The molecule has 0 aliphatic heterocycles. The predicted octanol–water partition coefficient (Wildman–Crippen LogP) is 0.862. The number of aryl methyl sites for hydroxylation is 1. The molecular formula is C7H10N2O2. The molecule has 0 saturated heterocycles. The van der Waals surface area contributed by atoms with Crippen molar-refractivity contribution in [2.24, 2.45) is 0 Å².